The first-order valence-electron chi connectivity index (χ1n) is 8.01. The van der Waals surface area contributed by atoms with Gasteiger partial charge in [-0.2, -0.15) is 0 Å². The average Bonchev–Trinajstić information content (AvgIpc) is 3.11. The maximum Gasteiger partial charge on any atom is 0.141 e. The summed E-state index contributed by atoms with van der Waals surface area (Å²) >= 11 is 1.86. The number of fused-ring (bicyclic) bond motifs is 3. The van der Waals surface area contributed by atoms with Crippen molar-refractivity contribution in [2.75, 3.05) is 18.1 Å². The minimum Gasteiger partial charge on any atom is -0.396 e. The van der Waals surface area contributed by atoms with Gasteiger partial charge in [-0.3, -0.25) is 0 Å². The summed E-state index contributed by atoms with van der Waals surface area (Å²) in [6, 6.07) is 0.652. The van der Waals surface area contributed by atoms with Crippen molar-refractivity contribution < 1.29 is 5.11 Å². The van der Waals surface area contributed by atoms with Crippen LogP contribution in [0.2, 0.25) is 0 Å². The molecule has 1 N–H and O–H groups in total. The summed E-state index contributed by atoms with van der Waals surface area (Å²) in [6.07, 6.45) is 9.86. The van der Waals surface area contributed by atoms with Gasteiger partial charge in [0.2, 0.25) is 0 Å². The molecule has 0 atom stereocenters. The van der Waals surface area contributed by atoms with Crippen LogP contribution in [0.15, 0.2) is 6.33 Å². The molecule has 2 aromatic rings. The molecule has 4 nitrogen and oxygen atoms in total. The van der Waals surface area contributed by atoms with E-state index in [1.54, 1.807) is 6.33 Å². The number of aryl methyl sites for hydroxylation is 2. The number of anilines is 1. The Kier molecular flexibility index (Phi) is 3.55. The van der Waals surface area contributed by atoms with Gasteiger partial charge >= 0.3 is 0 Å². The number of nitrogens with zero attached hydrogens (tertiary/aromatic N) is 3. The Labute approximate surface area is 128 Å². The van der Waals surface area contributed by atoms with Crippen LogP contribution in [-0.2, 0) is 12.8 Å². The van der Waals surface area contributed by atoms with Crippen molar-refractivity contribution in [3.05, 3.63) is 16.8 Å². The van der Waals surface area contributed by atoms with Crippen LogP contribution in [0.5, 0.6) is 0 Å². The number of hydrogen-bond acceptors (Lipinski definition) is 5. The maximum atomic E-state index is 9.03. The van der Waals surface area contributed by atoms with Crippen molar-refractivity contribution in [2.24, 2.45) is 0 Å². The maximum absolute atomic E-state index is 9.03. The summed E-state index contributed by atoms with van der Waals surface area (Å²) in [7, 11) is 0. The van der Waals surface area contributed by atoms with E-state index >= 15 is 0 Å². The number of hydrogen-bond donors (Lipinski definition) is 1. The first-order valence-corrected chi connectivity index (χ1v) is 8.83. The molecular formula is C16H21N3OS. The Hall–Kier alpha value is -1.20. The highest BCUT2D eigenvalue weighted by Gasteiger charge is 2.32. The van der Waals surface area contributed by atoms with E-state index in [9.17, 15) is 0 Å². The van der Waals surface area contributed by atoms with Gasteiger partial charge < -0.3 is 10.0 Å². The molecule has 21 heavy (non-hydrogen) atoms. The fourth-order valence-electron chi connectivity index (χ4n) is 3.37. The summed E-state index contributed by atoms with van der Waals surface area (Å²) in [5.74, 6) is 1.15. The zero-order valence-corrected chi connectivity index (χ0v) is 13.0. The first-order chi connectivity index (χ1) is 10.4. The predicted molar refractivity (Wildman–Crippen MR) is 86.1 cm³/mol. The fraction of sp³-hybridized carbons (Fsp3) is 0.625. The van der Waals surface area contributed by atoms with Crippen molar-refractivity contribution in [3.8, 4) is 0 Å². The van der Waals surface area contributed by atoms with Gasteiger partial charge in [0.15, 0.2) is 0 Å². The number of aliphatic hydroxyl groups is 1. The topological polar surface area (TPSA) is 49.2 Å². The van der Waals surface area contributed by atoms with Crippen LogP contribution in [0.4, 0.5) is 5.82 Å². The SMILES string of the molecule is OCCCCN(c1ncnc2sc3c(c12)CCC3)C1CC1. The summed E-state index contributed by atoms with van der Waals surface area (Å²) in [5.41, 5.74) is 1.51. The lowest BCUT2D eigenvalue weighted by Gasteiger charge is -2.24. The molecule has 112 valence electrons. The van der Waals surface area contributed by atoms with Gasteiger partial charge in [-0.25, -0.2) is 9.97 Å². The second-order valence-corrected chi connectivity index (χ2v) is 7.17. The number of thiophene rings is 1. The van der Waals surface area contributed by atoms with Crippen LogP contribution < -0.4 is 4.90 Å². The summed E-state index contributed by atoms with van der Waals surface area (Å²) in [6.45, 7) is 1.29. The Balaban J connectivity index is 1.73. The largest absolute Gasteiger partial charge is 0.396 e. The molecule has 0 spiro atoms. The van der Waals surface area contributed by atoms with Gasteiger partial charge in [0.25, 0.3) is 0 Å². The quantitative estimate of drug-likeness (QED) is 0.834. The van der Waals surface area contributed by atoms with Crippen molar-refractivity contribution >= 4 is 27.4 Å². The van der Waals surface area contributed by atoms with E-state index < -0.39 is 0 Å². The average molecular weight is 303 g/mol. The second kappa shape index (κ2) is 5.54. The third-order valence-corrected chi connectivity index (χ3v) is 5.75. The molecule has 4 rings (SSSR count). The highest BCUT2D eigenvalue weighted by molar-refractivity contribution is 7.19. The summed E-state index contributed by atoms with van der Waals surface area (Å²) in [4.78, 5) is 14.3. The number of aromatic nitrogens is 2. The molecule has 5 heteroatoms. The van der Waals surface area contributed by atoms with E-state index in [2.05, 4.69) is 14.9 Å². The van der Waals surface area contributed by atoms with Crippen molar-refractivity contribution in [3.63, 3.8) is 0 Å². The lowest BCUT2D eigenvalue weighted by molar-refractivity contribution is 0.285. The molecule has 2 heterocycles. The number of aliphatic hydroxyl groups excluding tert-OH is 1. The molecule has 0 aromatic carbocycles. The minimum atomic E-state index is 0.283. The molecule has 0 radical (unpaired) electrons. The molecule has 2 aliphatic carbocycles. The highest BCUT2D eigenvalue weighted by atomic mass is 32.1. The molecule has 2 aliphatic rings. The third-order valence-electron chi connectivity index (χ3n) is 4.55. The normalized spacial score (nSPS) is 17.4. The Morgan fingerprint density at radius 2 is 2.14 bits per heavy atom. The van der Waals surface area contributed by atoms with Crippen molar-refractivity contribution in [1.82, 2.24) is 9.97 Å². The Morgan fingerprint density at radius 3 is 2.95 bits per heavy atom. The van der Waals surface area contributed by atoms with E-state index in [-0.39, 0.29) is 6.61 Å². The molecule has 0 aliphatic heterocycles. The fourth-order valence-corrected chi connectivity index (χ4v) is 4.59. The Bertz CT molecular complexity index is 650. The van der Waals surface area contributed by atoms with Crippen LogP contribution in [0, 0.1) is 0 Å². The molecule has 1 fully saturated rings. The molecule has 0 saturated heterocycles. The number of rotatable bonds is 6. The molecular weight excluding hydrogens is 282 g/mol. The van der Waals surface area contributed by atoms with Gasteiger partial charge in [-0.05, 0) is 50.5 Å². The van der Waals surface area contributed by atoms with E-state index in [1.807, 2.05) is 11.3 Å². The van der Waals surface area contributed by atoms with Crippen LogP contribution in [0.3, 0.4) is 0 Å². The molecule has 0 amide bonds. The zero-order valence-electron chi connectivity index (χ0n) is 12.2. The lowest BCUT2D eigenvalue weighted by Crippen LogP contribution is -2.28. The van der Waals surface area contributed by atoms with Crippen LogP contribution in [0.25, 0.3) is 10.2 Å². The highest BCUT2D eigenvalue weighted by Crippen LogP contribution is 2.42. The van der Waals surface area contributed by atoms with Gasteiger partial charge in [-0.15, -0.1) is 11.3 Å². The zero-order chi connectivity index (χ0) is 14.2. The second-order valence-electron chi connectivity index (χ2n) is 6.09. The van der Waals surface area contributed by atoms with Crippen LogP contribution in [0.1, 0.15) is 42.5 Å². The van der Waals surface area contributed by atoms with Gasteiger partial charge in [0.1, 0.15) is 17.0 Å². The lowest BCUT2D eigenvalue weighted by atomic mass is 10.1. The van der Waals surface area contributed by atoms with E-state index in [1.165, 1.54) is 47.9 Å². The third kappa shape index (κ3) is 2.42. The van der Waals surface area contributed by atoms with E-state index in [0.29, 0.717) is 6.04 Å². The predicted octanol–water partition coefficient (Wildman–Crippen LogP) is 2.92. The first kappa shape index (κ1) is 13.5. The smallest absolute Gasteiger partial charge is 0.141 e. The molecule has 0 unspecified atom stereocenters. The monoisotopic (exact) mass is 303 g/mol. The summed E-state index contributed by atoms with van der Waals surface area (Å²) < 4.78 is 0. The van der Waals surface area contributed by atoms with Gasteiger partial charge in [0, 0.05) is 24.1 Å². The van der Waals surface area contributed by atoms with Crippen LogP contribution in [-0.4, -0.2) is 34.3 Å². The standard InChI is InChI=1S/C16H21N3OS/c20-9-2-1-8-19(11-6-7-11)15-14-12-4-3-5-13(12)21-16(14)18-10-17-15/h10-11,20H,1-9H2. The summed E-state index contributed by atoms with van der Waals surface area (Å²) in [5, 5.41) is 10.4. The van der Waals surface area contributed by atoms with Gasteiger partial charge in [0.05, 0.1) is 5.39 Å². The van der Waals surface area contributed by atoms with Crippen molar-refractivity contribution in [1.29, 1.82) is 0 Å². The van der Waals surface area contributed by atoms with E-state index in [0.717, 1.165) is 30.0 Å². The minimum absolute atomic E-state index is 0.283. The van der Waals surface area contributed by atoms with E-state index in [4.69, 9.17) is 5.11 Å². The number of unbranched alkanes of at least 4 members (excludes halogenated alkanes) is 1. The Morgan fingerprint density at radius 1 is 1.24 bits per heavy atom. The van der Waals surface area contributed by atoms with Gasteiger partial charge in [-0.1, -0.05) is 0 Å². The molecule has 1 saturated carbocycles. The molecule has 2 aromatic heterocycles. The van der Waals surface area contributed by atoms with Crippen molar-refractivity contribution in [2.45, 2.75) is 51.0 Å². The molecule has 0 bridgehead atoms. The van der Waals surface area contributed by atoms with Crippen LogP contribution >= 0.6 is 11.3 Å².